The van der Waals surface area contributed by atoms with Gasteiger partial charge in [0.1, 0.15) is 29.5 Å². The maximum Gasteiger partial charge on any atom is 0.514 e. The van der Waals surface area contributed by atoms with Gasteiger partial charge in [-0.2, -0.15) is 0 Å². The quantitative estimate of drug-likeness (QED) is 0.146. The van der Waals surface area contributed by atoms with Crippen molar-refractivity contribution in [2.75, 3.05) is 0 Å². The van der Waals surface area contributed by atoms with Crippen molar-refractivity contribution in [2.24, 2.45) is 5.73 Å². The van der Waals surface area contributed by atoms with E-state index in [1.807, 2.05) is 13.8 Å². The number of hydrogen-bond donors (Lipinski definition) is 2. The van der Waals surface area contributed by atoms with Crippen LogP contribution in [0.2, 0.25) is 0 Å². The van der Waals surface area contributed by atoms with Gasteiger partial charge >= 0.3 is 24.4 Å². The zero-order chi connectivity index (χ0) is 31.4. The average molecular weight is 584 g/mol. The number of aliphatic carboxylic acids is 1. The summed E-state index contributed by atoms with van der Waals surface area (Å²) in [6, 6.07) is 4.13. The summed E-state index contributed by atoms with van der Waals surface area (Å²) in [4.78, 5) is 49.0. The topological polar surface area (TPSA) is 170 Å². The molecule has 0 fully saturated rings. The summed E-state index contributed by atoms with van der Waals surface area (Å²) in [5.41, 5.74) is 3.92. The van der Waals surface area contributed by atoms with Gasteiger partial charge in [0.2, 0.25) is 0 Å². The number of benzene rings is 1. The van der Waals surface area contributed by atoms with Gasteiger partial charge in [0.15, 0.2) is 11.5 Å². The predicted molar refractivity (Wildman–Crippen MR) is 149 cm³/mol. The summed E-state index contributed by atoms with van der Waals surface area (Å²) in [5, 5.41) is 9.94. The van der Waals surface area contributed by atoms with Crippen molar-refractivity contribution in [3.8, 4) is 11.5 Å². The van der Waals surface area contributed by atoms with Crippen LogP contribution in [0, 0.1) is 0 Å². The van der Waals surface area contributed by atoms with Gasteiger partial charge < -0.3 is 39.3 Å². The minimum Gasteiger partial charge on any atom is -0.480 e. The van der Waals surface area contributed by atoms with Crippen LogP contribution < -0.4 is 15.2 Å². The second kappa shape index (κ2) is 16.0. The SMILES string of the molecule is CCCC(C)OC(=O)Oc1ccc(CC(N)(C[C@H](C)OC(=O)OC(C)(C)C)C(=O)O)cc1OC(=O)OC(C)CCC. The highest BCUT2D eigenvalue weighted by Gasteiger charge is 2.38. The third-order valence-corrected chi connectivity index (χ3v) is 5.66. The van der Waals surface area contributed by atoms with Gasteiger partial charge in [-0.1, -0.05) is 32.8 Å². The van der Waals surface area contributed by atoms with Crippen molar-refractivity contribution in [1.82, 2.24) is 0 Å². The van der Waals surface area contributed by atoms with Crippen molar-refractivity contribution >= 4 is 24.4 Å². The Hall–Kier alpha value is -3.54. The zero-order valence-corrected chi connectivity index (χ0v) is 25.3. The molecule has 0 radical (unpaired) electrons. The van der Waals surface area contributed by atoms with Gasteiger partial charge in [-0.3, -0.25) is 4.79 Å². The van der Waals surface area contributed by atoms with E-state index in [-0.39, 0.29) is 24.3 Å². The molecule has 3 N–H and O–H groups in total. The van der Waals surface area contributed by atoms with E-state index in [1.54, 1.807) is 34.6 Å². The second-order valence-electron chi connectivity index (χ2n) is 11.2. The molecule has 0 aromatic heterocycles. The molecule has 3 unspecified atom stereocenters. The fourth-order valence-corrected chi connectivity index (χ4v) is 3.91. The Labute approximate surface area is 241 Å². The molecule has 232 valence electrons. The first-order chi connectivity index (χ1) is 19.0. The molecule has 0 spiro atoms. The lowest BCUT2D eigenvalue weighted by Crippen LogP contribution is -2.52. The normalized spacial score (nSPS) is 15.0. The Morgan fingerprint density at radius 3 is 1.76 bits per heavy atom. The van der Waals surface area contributed by atoms with Crippen molar-refractivity contribution in [3.63, 3.8) is 0 Å². The molecule has 1 aromatic carbocycles. The number of nitrogens with two attached hydrogens (primary N) is 1. The Morgan fingerprint density at radius 1 is 0.805 bits per heavy atom. The Kier molecular flexibility index (Phi) is 13.9. The van der Waals surface area contributed by atoms with E-state index in [9.17, 15) is 24.3 Å². The Morgan fingerprint density at radius 2 is 1.29 bits per heavy atom. The standard InChI is InChI=1S/C29H45NO11/c1-9-11-18(3)36-25(33)39-22-14-13-21(15-23(22)40-26(34)37-19(4)12-10-2)17-29(30,24(31)32)16-20(5)38-27(35)41-28(6,7)8/h13-15,18-20H,9-12,16-17,30H2,1-8H3,(H,31,32)/t18?,19?,20-,29?/m0/s1. The number of carbonyl (C=O) groups excluding carboxylic acids is 3. The maximum atomic E-state index is 12.5. The van der Waals surface area contributed by atoms with Crippen LogP contribution >= 0.6 is 0 Å². The molecule has 12 heteroatoms. The zero-order valence-electron chi connectivity index (χ0n) is 25.3. The van der Waals surface area contributed by atoms with Gasteiger partial charge in [-0.15, -0.1) is 0 Å². The molecule has 0 aliphatic rings. The summed E-state index contributed by atoms with van der Waals surface area (Å²) >= 11 is 0. The first-order valence-corrected chi connectivity index (χ1v) is 13.8. The molecule has 0 amide bonds. The van der Waals surface area contributed by atoms with Crippen LogP contribution in [0.1, 0.15) is 93.1 Å². The number of carboxylic acid groups (broad SMARTS) is 1. The molecule has 0 heterocycles. The van der Waals surface area contributed by atoms with E-state index < -0.39 is 53.9 Å². The number of rotatable bonds is 14. The third-order valence-electron chi connectivity index (χ3n) is 5.66. The molecule has 4 atom stereocenters. The van der Waals surface area contributed by atoms with Crippen LogP contribution in [0.3, 0.4) is 0 Å². The maximum absolute atomic E-state index is 12.5. The van der Waals surface area contributed by atoms with Crippen LogP contribution in [0.4, 0.5) is 14.4 Å². The molecular weight excluding hydrogens is 538 g/mol. The third kappa shape index (κ3) is 13.6. The summed E-state index contributed by atoms with van der Waals surface area (Å²) in [6.45, 7) is 13.8. The highest BCUT2D eigenvalue weighted by Crippen LogP contribution is 2.32. The lowest BCUT2D eigenvalue weighted by atomic mass is 9.86. The molecular formula is C29H45NO11. The number of ether oxygens (including phenoxy) is 6. The largest absolute Gasteiger partial charge is 0.514 e. The van der Waals surface area contributed by atoms with E-state index >= 15 is 0 Å². The molecule has 1 aromatic rings. The van der Waals surface area contributed by atoms with E-state index in [0.29, 0.717) is 18.4 Å². The number of carbonyl (C=O) groups is 4. The molecule has 41 heavy (non-hydrogen) atoms. The lowest BCUT2D eigenvalue weighted by molar-refractivity contribution is -0.145. The summed E-state index contributed by atoms with van der Waals surface area (Å²) < 4.78 is 31.4. The van der Waals surface area contributed by atoms with Gasteiger partial charge in [0, 0.05) is 12.8 Å². The van der Waals surface area contributed by atoms with Gasteiger partial charge in [0.25, 0.3) is 0 Å². The van der Waals surface area contributed by atoms with E-state index in [0.717, 1.165) is 12.8 Å². The van der Waals surface area contributed by atoms with Crippen molar-refractivity contribution in [3.05, 3.63) is 23.8 Å². The monoisotopic (exact) mass is 583 g/mol. The molecule has 12 nitrogen and oxygen atoms in total. The van der Waals surface area contributed by atoms with Crippen LogP contribution in [0.25, 0.3) is 0 Å². The second-order valence-corrected chi connectivity index (χ2v) is 11.2. The summed E-state index contributed by atoms with van der Waals surface area (Å²) in [7, 11) is 0. The van der Waals surface area contributed by atoms with Crippen LogP contribution in [-0.4, -0.2) is 59.0 Å². The first kappa shape index (κ1) is 35.5. The molecule has 0 aliphatic carbocycles. The number of carboxylic acids is 1. The van der Waals surface area contributed by atoms with E-state index in [1.165, 1.54) is 25.1 Å². The van der Waals surface area contributed by atoms with E-state index in [4.69, 9.17) is 34.2 Å². The fourth-order valence-electron chi connectivity index (χ4n) is 3.91. The average Bonchev–Trinajstić information content (AvgIpc) is 2.79. The molecule has 1 rings (SSSR count). The fraction of sp³-hybridized carbons (Fsp3) is 0.655. The summed E-state index contributed by atoms with van der Waals surface area (Å²) in [5.74, 6) is -1.68. The highest BCUT2D eigenvalue weighted by atomic mass is 16.8. The number of hydrogen-bond acceptors (Lipinski definition) is 11. The van der Waals surface area contributed by atoms with Gasteiger partial charge in [0.05, 0.1) is 0 Å². The van der Waals surface area contributed by atoms with Gasteiger partial charge in [-0.05, 0) is 72.1 Å². The van der Waals surface area contributed by atoms with E-state index in [2.05, 4.69) is 0 Å². The first-order valence-electron chi connectivity index (χ1n) is 13.8. The molecule has 0 bridgehead atoms. The minimum atomic E-state index is -1.88. The van der Waals surface area contributed by atoms with Crippen LogP contribution in [0.5, 0.6) is 11.5 Å². The van der Waals surface area contributed by atoms with Crippen molar-refractivity contribution in [2.45, 2.75) is 123 Å². The van der Waals surface area contributed by atoms with Crippen molar-refractivity contribution in [1.29, 1.82) is 0 Å². The van der Waals surface area contributed by atoms with Crippen LogP contribution in [0.15, 0.2) is 18.2 Å². The Balaban J connectivity index is 3.20. The minimum absolute atomic E-state index is 0.137. The predicted octanol–water partition coefficient (Wildman–Crippen LogP) is 6.15. The summed E-state index contributed by atoms with van der Waals surface area (Å²) in [6.07, 6.45) is -2.39. The molecule has 0 saturated carbocycles. The molecule has 0 saturated heterocycles. The smallest absolute Gasteiger partial charge is 0.480 e. The van der Waals surface area contributed by atoms with Crippen LogP contribution in [-0.2, 0) is 30.2 Å². The van der Waals surface area contributed by atoms with Gasteiger partial charge in [-0.25, -0.2) is 14.4 Å². The van der Waals surface area contributed by atoms with Crippen molar-refractivity contribution < 1.29 is 52.7 Å². The Bertz CT molecular complexity index is 1040. The highest BCUT2D eigenvalue weighted by molar-refractivity contribution is 5.79. The molecule has 0 aliphatic heterocycles. The lowest BCUT2D eigenvalue weighted by Gasteiger charge is -2.28.